The summed E-state index contributed by atoms with van der Waals surface area (Å²) in [6.45, 7) is 4.04. The molecule has 1 atom stereocenters. The largest absolute Gasteiger partial charge is 0.324 e. The number of thiophene rings is 1. The fourth-order valence-electron chi connectivity index (χ4n) is 3.68. The SMILES string of the molecule is C[C@H]1CC(=O)Nc2ccccc2N1C(=O)CN1CCc2sccc2C1. The highest BCUT2D eigenvalue weighted by atomic mass is 32.1. The van der Waals surface area contributed by atoms with Crippen LogP contribution in [0.15, 0.2) is 35.7 Å². The Morgan fingerprint density at radius 2 is 2.16 bits per heavy atom. The third-order valence-electron chi connectivity index (χ3n) is 4.87. The third-order valence-corrected chi connectivity index (χ3v) is 5.90. The predicted octanol–water partition coefficient (Wildman–Crippen LogP) is 2.87. The molecule has 0 bridgehead atoms. The number of benzene rings is 1. The van der Waals surface area contributed by atoms with Gasteiger partial charge in [-0.15, -0.1) is 11.3 Å². The Kier molecular flexibility index (Phi) is 4.31. The van der Waals surface area contributed by atoms with Crippen LogP contribution in [0.3, 0.4) is 0 Å². The van der Waals surface area contributed by atoms with Gasteiger partial charge in [0.15, 0.2) is 0 Å². The lowest BCUT2D eigenvalue weighted by Gasteiger charge is -2.32. The Bertz CT molecular complexity index is 817. The van der Waals surface area contributed by atoms with Crippen molar-refractivity contribution >= 4 is 34.5 Å². The van der Waals surface area contributed by atoms with E-state index in [0.29, 0.717) is 18.7 Å². The summed E-state index contributed by atoms with van der Waals surface area (Å²) in [7, 11) is 0. The van der Waals surface area contributed by atoms with Crippen LogP contribution >= 0.6 is 11.3 Å². The van der Waals surface area contributed by atoms with Crippen LogP contribution < -0.4 is 10.2 Å². The van der Waals surface area contributed by atoms with E-state index in [4.69, 9.17) is 0 Å². The first kappa shape index (κ1) is 16.3. The first-order valence-corrected chi connectivity index (χ1v) is 9.48. The molecule has 1 aromatic carbocycles. The van der Waals surface area contributed by atoms with Crippen LogP contribution in [-0.4, -0.2) is 35.8 Å². The van der Waals surface area contributed by atoms with Crippen LogP contribution in [0.1, 0.15) is 23.8 Å². The molecule has 25 heavy (non-hydrogen) atoms. The van der Waals surface area contributed by atoms with Gasteiger partial charge in [0.1, 0.15) is 0 Å². The molecule has 2 aliphatic rings. The molecule has 2 aliphatic heterocycles. The summed E-state index contributed by atoms with van der Waals surface area (Å²) < 4.78 is 0. The number of carbonyl (C=O) groups is 2. The minimum Gasteiger partial charge on any atom is -0.324 e. The number of carbonyl (C=O) groups excluding carboxylic acids is 2. The van der Waals surface area contributed by atoms with Crippen molar-refractivity contribution in [2.45, 2.75) is 32.4 Å². The van der Waals surface area contributed by atoms with Crippen LogP contribution in [0.4, 0.5) is 11.4 Å². The maximum Gasteiger partial charge on any atom is 0.241 e. The molecule has 130 valence electrons. The minimum absolute atomic E-state index is 0.0452. The number of amides is 2. The monoisotopic (exact) mass is 355 g/mol. The second kappa shape index (κ2) is 6.61. The van der Waals surface area contributed by atoms with Crippen LogP contribution in [-0.2, 0) is 22.6 Å². The maximum absolute atomic E-state index is 13.1. The molecule has 4 rings (SSSR count). The summed E-state index contributed by atoms with van der Waals surface area (Å²) in [4.78, 5) is 30.6. The van der Waals surface area contributed by atoms with E-state index in [1.807, 2.05) is 31.2 Å². The Hall–Kier alpha value is -2.18. The van der Waals surface area contributed by atoms with Gasteiger partial charge in [-0.25, -0.2) is 0 Å². The first-order chi connectivity index (χ1) is 12.1. The summed E-state index contributed by atoms with van der Waals surface area (Å²) in [6, 6.07) is 9.54. The highest BCUT2D eigenvalue weighted by Gasteiger charge is 2.31. The van der Waals surface area contributed by atoms with Crippen LogP contribution in [0, 0.1) is 0 Å². The highest BCUT2D eigenvalue weighted by Crippen LogP contribution is 2.32. The normalized spacial score (nSPS) is 20.4. The van der Waals surface area contributed by atoms with Crippen molar-refractivity contribution in [3.8, 4) is 0 Å². The Morgan fingerprint density at radius 1 is 1.32 bits per heavy atom. The predicted molar refractivity (Wildman–Crippen MR) is 99.9 cm³/mol. The van der Waals surface area contributed by atoms with Crippen molar-refractivity contribution in [2.75, 3.05) is 23.3 Å². The second-order valence-corrected chi connectivity index (χ2v) is 7.71. The fourth-order valence-corrected chi connectivity index (χ4v) is 4.57. The maximum atomic E-state index is 13.1. The van der Waals surface area contributed by atoms with E-state index >= 15 is 0 Å². The quantitative estimate of drug-likeness (QED) is 0.901. The number of fused-ring (bicyclic) bond motifs is 2. The molecule has 0 radical (unpaired) electrons. The highest BCUT2D eigenvalue weighted by molar-refractivity contribution is 7.10. The number of rotatable bonds is 2. The smallest absolute Gasteiger partial charge is 0.241 e. The zero-order chi connectivity index (χ0) is 17.4. The number of para-hydroxylation sites is 2. The molecule has 6 heteroatoms. The van der Waals surface area contributed by atoms with Crippen molar-refractivity contribution in [3.05, 3.63) is 46.2 Å². The standard InChI is InChI=1S/C19H21N3O2S/c1-13-10-18(23)20-15-4-2-3-5-16(15)22(13)19(24)12-21-8-6-17-14(11-21)7-9-25-17/h2-5,7,9,13H,6,8,10-12H2,1H3,(H,20,23)/t13-/m0/s1. The molecule has 3 heterocycles. The number of nitrogens with zero attached hydrogens (tertiary/aromatic N) is 2. The molecule has 2 amide bonds. The molecule has 5 nitrogen and oxygen atoms in total. The van der Waals surface area contributed by atoms with E-state index < -0.39 is 0 Å². The molecule has 1 N–H and O–H groups in total. The van der Waals surface area contributed by atoms with Gasteiger partial charge in [0.2, 0.25) is 11.8 Å². The summed E-state index contributed by atoms with van der Waals surface area (Å²) in [5, 5.41) is 5.03. The molecule has 0 unspecified atom stereocenters. The summed E-state index contributed by atoms with van der Waals surface area (Å²) in [5.74, 6) is 0.00580. The van der Waals surface area contributed by atoms with E-state index in [9.17, 15) is 9.59 Å². The van der Waals surface area contributed by atoms with E-state index in [-0.39, 0.29) is 17.9 Å². The van der Waals surface area contributed by atoms with Crippen molar-refractivity contribution < 1.29 is 9.59 Å². The van der Waals surface area contributed by atoms with Gasteiger partial charge in [-0.3, -0.25) is 14.5 Å². The average Bonchev–Trinajstić information content (AvgIpc) is 2.99. The van der Waals surface area contributed by atoms with E-state index in [0.717, 1.165) is 25.2 Å². The average molecular weight is 355 g/mol. The molecular weight excluding hydrogens is 334 g/mol. The first-order valence-electron chi connectivity index (χ1n) is 8.60. The summed E-state index contributed by atoms with van der Waals surface area (Å²) in [6.07, 6.45) is 1.32. The van der Waals surface area contributed by atoms with Crippen LogP contribution in [0.25, 0.3) is 0 Å². The van der Waals surface area contributed by atoms with Gasteiger partial charge in [0.25, 0.3) is 0 Å². The van der Waals surface area contributed by atoms with Crippen molar-refractivity contribution in [3.63, 3.8) is 0 Å². The fraction of sp³-hybridized carbons (Fsp3) is 0.368. The molecule has 0 spiro atoms. The van der Waals surface area contributed by atoms with Crippen LogP contribution in [0.2, 0.25) is 0 Å². The van der Waals surface area contributed by atoms with Gasteiger partial charge in [0.05, 0.1) is 17.9 Å². The second-order valence-electron chi connectivity index (χ2n) is 6.71. The van der Waals surface area contributed by atoms with Crippen LogP contribution in [0.5, 0.6) is 0 Å². The topological polar surface area (TPSA) is 52.7 Å². The Morgan fingerprint density at radius 3 is 3.04 bits per heavy atom. The Labute approximate surface area is 151 Å². The van der Waals surface area contributed by atoms with Crippen molar-refractivity contribution in [1.82, 2.24) is 4.90 Å². The number of nitrogens with one attached hydrogen (secondary N) is 1. The molecule has 0 aliphatic carbocycles. The summed E-state index contributed by atoms with van der Waals surface area (Å²) >= 11 is 1.80. The van der Waals surface area contributed by atoms with Crippen molar-refractivity contribution in [1.29, 1.82) is 0 Å². The lowest BCUT2D eigenvalue weighted by molar-refractivity contribution is -0.120. The number of anilines is 2. The van der Waals surface area contributed by atoms with Crippen molar-refractivity contribution in [2.24, 2.45) is 0 Å². The zero-order valence-corrected chi connectivity index (χ0v) is 15.0. The molecule has 0 fully saturated rings. The van der Waals surface area contributed by atoms with E-state index in [1.54, 1.807) is 16.2 Å². The third kappa shape index (κ3) is 3.19. The lowest BCUT2D eigenvalue weighted by atomic mass is 10.1. The van der Waals surface area contributed by atoms with Gasteiger partial charge in [-0.1, -0.05) is 12.1 Å². The molecular formula is C19H21N3O2S. The van der Waals surface area contributed by atoms with Gasteiger partial charge in [-0.2, -0.15) is 0 Å². The Balaban J connectivity index is 1.56. The molecule has 0 saturated carbocycles. The number of hydrogen-bond acceptors (Lipinski definition) is 4. The van der Waals surface area contributed by atoms with Gasteiger partial charge in [-0.05, 0) is 42.5 Å². The lowest BCUT2D eigenvalue weighted by Crippen LogP contribution is -2.46. The molecule has 0 saturated heterocycles. The van der Waals surface area contributed by atoms with E-state index in [2.05, 4.69) is 21.7 Å². The van der Waals surface area contributed by atoms with Gasteiger partial charge in [0, 0.05) is 30.4 Å². The zero-order valence-electron chi connectivity index (χ0n) is 14.2. The molecule has 1 aromatic heterocycles. The van der Waals surface area contributed by atoms with Gasteiger partial charge >= 0.3 is 0 Å². The minimum atomic E-state index is -0.155. The number of hydrogen-bond donors (Lipinski definition) is 1. The van der Waals surface area contributed by atoms with E-state index in [1.165, 1.54) is 10.4 Å². The van der Waals surface area contributed by atoms with Gasteiger partial charge < -0.3 is 10.2 Å². The molecule has 2 aromatic rings. The summed E-state index contributed by atoms with van der Waals surface area (Å²) in [5.41, 5.74) is 2.84.